The number of aromatic carboxylic acids is 1. The van der Waals surface area contributed by atoms with Gasteiger partial charge < -0.3 is 5.11 Å². The van der Waals surface area contributed by atoms with Gasteiger partial charge in [0.05, 0.1) is 6.20 Å². The van der Waals surface area contributed by atoms with Gasteiger partial charge in [-0.25, -0.2) is 14.5 Å². The van der Waals surface area contributed by atoms with Gasteiger partial charge in [0, 0.05) is 5.69 Å². The minimum absolute atomic E-state index is 0.0321. The summed E-state index contributed by atoms with van der Waals surface area (Å²) in [5.41, 5.74) is 0.862. The van der Waals surface area contributed by atoms with Crippen molar-refractivity contribution in [3.8, 4) is 5.82 Å². The fourth-order valence-corrected chi connectivity index (χ4v) is 1.68. The number of aryl methyl sites for hydroxylation is 1. The maximum Gasteiger partial charge on any atom is 0.340 e. The zero-order valence-electron chi connectivity index (χ0n) is 9.09. The Balaban J connectivity index is 2.49. The highest BCUT2D eigenvalue weighted by Gasteiger charge is 2.16. The van der Waals surface area contributed by atoms with Crippen molar-refractivity contribution in [2.75, 3.05) is 0 Å². The smallest absolute Gasteiger partial charge is 0.340 e. The predicted molar refractivity (Wildman–Crippen MR) is 62.7 cm³/mol. The Hall–Kier alpha value is -1.88. The summed E-state index contributed by atoms with van der Waals surface area (Å²) in [5.74, 6) is -0.588. The summed E-state index contributed by atoms with van der Waals surface area (Å²) in [6.45, 7) is 1.99. The van der Waals surface area contributed by atoms with Crippen LogP contribution in [0.25, 0.3) is 5.82 Å². The van der Waals surface area contributed by atoms with Crippen molar-refractivity contribution in [3.05, 3.63) is 40.8 Å². The van der Waals surface area contributed by atoms with Crippen LogP contribution in [0, 0.1) is 0 Å². The molecule has 0 unspecified atom stereocenters. The quantitative estimate of drug-likeness (QED) is 0.908. The van der Waals surface area contributed by atoms with Crippen molar-refractivity contribution in [1.29, 1.82) is 0 Å². The molecule has 0 radical (unpaired) electrons. The summed E-state index contributed by atoms with van der Waals surface area (Å²) in [4.78, 5) is 15.1. The van der Waals surface area contributed by atoms with E-state index in [1.54, 1.807) is 6.07 Å². The van der Waals surface area contributed by atoms with Crippen molar-refractivity contribution >= 4 is 17.6 Å². The van der Waals surface area contributed by atoms with E-state index < -0.39 is 5.97 Å². The molecule has 0 saturated heterocycles. The van der Waals surface area contributed by atoms with Gasteiger partial charge in [-0.15, -0.1) is 0 Å². The first-order chi connectivity index (χ1) is 8.13. The molecular weight excluding hydrogens is 242 g/mol. The number of rotatable bonds is 3. The molecule has 2 heterocycles. The van der Waals surface area contributed by atoms with Gasteiger partial charge in [0.15, 0.2) is 5.82 Å². The van der Waals surface area contributed by atoms with E-state index >= 15 is 0 Å². The fourth-order valence-electron chi connectivity index (χ4n) is 1.42. The summed E-state index contributed by atoms with van der Waals surface area (Å²) in [6.07, 6.45) is 2.00. The number of hydrogen-bond donors (Lipinski definition) is 1. The zero-order chi connectivity index (χ0) is 12.4. The van der Waals surface area contributed by atoms with E-state index in [4.69, 9.17) is 16.7 Å². The van der Waals surface area contributed by atoms with Crippen molar-refractivity contribution in [3.63, 3.8) is 0 Å². The molecule has 0 fully saturated rings. The van der Waals surface area contributed by atoms with Crippen LogP contribution in [0.5, 0.6) is 0 Å². The number of carboxylic acids is 1. The fraction of sp³-hybridized carbons (Fsp3) is 0.182. The monoisotopic (exact) mass is 251 g/mol. The Labute approximate surface area is 103 Å². The summed E-state index contributed by atoms with van der Waals surface area (Å²) < 4.78 is 1.31. The molecule has 2 rings (SSSR count). The van der Waals surface area contributed by atoms with Crippen LogP contribution in [0.15, 0.2) is 24.4 Å². The van der Waals surface area contributed by atoms with Gasteiger partial charge in [0.2, 0.25) is 0 Å². The predicted octanol–water partition coefficient (Wildman–Crippen LogP) is 2.18. The first kappa shape index (κ1) is 11.6. The third-order valence-corrected chi connectivity index (χ3v) is 2.68. The molecule has 17 heavy (non-hydrogen) atoms. The van der Waals surface area contributed by atoms with Crippen LogP contribution < -0.4 is 0 Å². The SMILES string of the molecule is CCc1cccc(-n2ncc(C(=O)O)c2Cl)n1. The van der Waals surface area contributed by atoms with Gasteiger partial charge in [-0.05, 0) is 18.6 Å². The van der Waals surface area contributed by atoms with E-state index in [1.165, 1.54) is 10.9 Å². The molecule has 2 aromatic rings. The van der Waals surface area contributed by atoms with Gasteiger partial charge in [0.25, 0.3) is 0 Å². The molecule has 0 saturated carbocycles. The van der Waals surface area contributed by atoms with E-state index in [1.807, 2.05) is 19.1 Å². The second kappa shape index (κ2) is 4.55. The second-order valence-corrected chi connectivity index (χ2v) is 3.76. The van der Waals surface area contributed by atoms with Gasteiger partial charge >= 0.3 is 5.97 Å². The molecule has 0 aliphatic carbocycles. The molecule has 0 aliphatic heterocycles. The lowest BCUT2D eigenvalue weighted by molar-refractivity contribution is 0.0697. The highest BCUT2D eigenvalue weighted by atomic mass is 35.5. The van der Waals surface area contributed by atoms with Crippen LogP contribution in [-0.4, -0.2) is 25.8 Å². The molecule has 0 atom stereocenters. The molecule has 1 N–H and O–H groups in total. The van der Waals surface area contributed by atoms with E-state index in [0.717, 1.165) is 12.1 Å². The summed E-state index contributed by atoms with van der Waals surface area (Å²) >= 11 is 5.93. The number of nitrogens with zero attached hydrogens (tertiary/aromatic N) is 3. The first-order valence-electron chi connectivity index (χ1n) is 5.06. The van der Waals surface area contributed by atoms with Crippen molar-refractivity contribution in [2.24, 2.45) is 0 Å². The number of halogens is 1. The maximum atomic E-state index is 10.8. The minimum atomic E-state index is -1.10. The third kappa shape index (κ3) is 2.14. The van der Waals surface area contributed by atoms with E-state index in [9.17, 15) is 4.79 Å². The van der Waals surface area contributed by atoms with Gasteiger partial charge in [-0.1, -0.05) is 24.6 Å². The van der Waals surface area contributed by atoms with Crippen LogP contribution >= 0.6 is 11.6 Å². The average Bonchev–Trinajstić information content (AvgIpc) is 2.71. The molecule has 0 spiro atoms. The van der Waals surface area contributed by atoms with Crippen LogP contribution in [-0.2, 0) is 6.42 Å². The number of carbonyl (C=O) groups is 1. The maximum absolute atomic E-state index is 10.8. The molecular formula is C11H10ClN3O2. The Bertz CT molecular complexity index is 566. The molecule has 6 heteroatoms. The Kier molecular flexibility index (Phi) is 3.10. The lowest BCUT2D eigenvalue weighted by atomic mass is 10.3. The Morgan fingerprint density at radius 3 is 2.88 bits per heavy atom. The summed E-state index contributed by atoms with van der Waals surface area (Å²) in [5, 5.41) is 12.8. The lowest BCUT2D eigenvalue weighted by Gasteiger charge is -2.03. The van der Waals surface area contributed by atoms with Crippen LogP contribution in [0.3, 0.4) is 0 Å². The van der Waals surface area contributed by atoms with Gasteiger partial charge in [-0.3, -0.25) is 0 Å². The molecule has 0 aliphatic rings. The molecule has 0 amide bonds. The highest BCUT2D eigenvalue weighted by Crippen LogP contribution is 2.19. The second-order valence-electron chi connectivity index (χ2n) is 3.41. The van der Waals surface area contributed by atoms with Crippen LogP contribution in [0.4, 0.5) is 0 Å². The average molecular weight is 252 g/mol. The zero-order valence-corrected chi connectivity index (χ0v) is 9.85. The lowest BCUT2D eigenvalue weighted by Crippen LogP contribution is -2.02. The molecule has 0 aromatic carbocycles. The first-order valence-corrected chi connectivity index (χ1v) is 5.44. The van der Waals surface area contributed by atoms with E-state index in [2.05, 4.69) is 10.1 Å². The highest BCUT2D eigenvalue weighted by molar-refractivity contribution is 6.32. The minimum Gasteiger partial charge on any atom is -0.478 e. The number of pyridine rings is 1. The molecule has 5 nitrogen and oxygen atoms in total. The largest absolute Gasteiger partial charge is 0.478 e. The van der Waals surface area contributed by atoms with Crippen molar-refractivity contribution < 1.29 is 9.90 Å². The standard InChI is InChI=1S/C11H10ClN3O2/c1-2-7-4-3-5-9(14-7)15-10(12)8(6-13-15)11(16)17/h3-6H,2H2,1H3,(H,16,17). The van der Waals surface area contributed by atoms with Gasteiger partial charge in [-0.2, -0.15) is 5.10 Å². The molecule has 0 bridgehead atoms. The Morgan fingerprint density at radius 2 is 2.29 bits per heavy atom. The molecule has 2 aromatic heterocycles. The Morgan fingerprint density at radius 1 is 1.53 bits per heavy atom. The van der Waals surface area contributed by atoms with Crippen molar-refractivity contribution in [1.82, 2.24) is 14.8 Å². The third-order valence-electron chi connectivity index (χ3n) is 2.31. The number of carboxylic acid groups (broad SMARTS) is 1. The van der Waals surface area contributed by atoms with Crippen molar-refractivity contribution in [2.45, 2.75) is 13.3 Å². The van der Waals surface area contributed by atoms with E-state index in [-0.39, 0.29) is 10.7 Å². The van der Waals surface area contributed by atoms with Crippen LogP contribution in [0.2, 0.25) is 5.15 Å². The topological polar surface area (TPSA) is 68.0 Å². The molecule has 88 valence electrons. The summed E-state index contributed by atoms with van der Waals surface area (Å²) in [7, 11) is 0. The number of hydrogen-bond acceptors (Lipinski definition) is 3. The van der Waals surface area contributed by atoms with Crippen LogP contribution in [0.1, 0.15) is 23.0 Å². The normalized spacial score (nSPS) is 10.5. The number of aromatic nitrogens is 3. The van der Waals surface area contributed by atoms with Gasteiger partial charge in [0.1, 0.15) is 10.7 Å². The van der Waals surface area contributed by atoms with E-state index in [0.29, 0.717) is 5.82 Å². The summed E-state index contributed by atoms with van der Waals surface area (Å²) in [6, 6.07) is 5.45.